The Bertz CT molecular complexity index is 481. The molecule has 0 aromatic heterocycles. The Morgan fingerprint density at radius 1 is 1.30 bits per heavy atom. The van der Waals surface area contributed by atoms with Crippen LogP contribution in [0.15, 0.2) is 18.2 Å². The third kappa shape index (κ3) is 2.64. The zero-order chi connectivity index (χ0) is 14.6. The zero-order valence-corrected chi connectivity index (χ0v) is 12.0. The molecule has 1 saturated heterocycles. The molecule has 2 rings (SSSR count). The van der Waals surface area contributed by atoms with Crippen molar-refractivity contribution in [3.63, 3.8) is 0 Å². The van der Waals surface area contributed by atoms with E-state index < -0.39 is 5.41 Å². The van der Waals surface area contributed by atoms with E-state index in [1.807, 2.05) is 0 Å². The molecule has 0 spiro atoms. The number of Topliss-reactive ketones (excluding diaryl/α,β-unsaturated/α-hetero) is 1. The van der Waals surface area contributed by atoms with E-state index in [4.69, 9.17) is 19.9 Å². The van der Waals surface area contributed by atoms with Crippen molar-refractivity contribution in [3.8, 4) is 11.5 Å². The summed E-state index contributed by atoms with van der Waals surface area (Å²) in [6.45, 7) is 1.44. The van der Waals surface area contributed by atoms with E-state index >= 15 is 0 Å². The third-order valence-corrected chi connectivity index (χ3v) is 3.97. The minimum absolute atomic E-state index is 0.0130. The fourth-order valence-electron chi connectivity index (χ4n) is 2.56. The van der Waals surface area contributed by atoms with Crippen molar-refractivity contribution >= 4 is 5.78 Å². The second kappa shape index (κ2) is 6.24. The molecule has 1 aliphatic rings. The number of ether oxygens (including phenoxy) is 3. The van der Waals surface area contributed by atoms with Crippen LogP contribution in [0.1, 0.15) is 23.2 Å². The fourth-order valence-corrected chi connectivity index (χ4v) is 2.56. The lowest BCUT2D eigenvalue weighted by Gasteiger charge is -2.34. The fraction of sp³-hybridized carbons (Fsp3) is 0.533. The van der Waals surface area contributed by atoms with E-state index in [0.717, 1.165) is 0 Å². The SMILES string of the molecule is COc1ccc(OC)c(C(=O)C2(CN)CCOCC2)c1. The van der Waals surface area contributed by atoms with Crippen LogP contribution < -0.4 is 15.2 Å². The maximum Gasteiger partial charge on any atom is 0.174 e. The lowest BCUT2D eigenvalue weighted by molar-refractivity contribution is 0.0198. The first kappa shape index (κ1) is 14.8. The van der Waals surface area contributed by atoms with Crippen molar-refractivity contribution in [1.29, 1.82) is 0 Å². The van der Waals surface area contributed by atoms with Gasteiger partial charge in [-0.25, -0.2) is 0 Å². The van der Waals surface area contributed by atoms with Gasteiger partial charge in [0.25, 0.3) is 0 Å². The maximum absolute atomic E-state index is 12.9. The normalized spacial score (nSPS) is 17.6. The molecule has 0 saturated carbocycles. The summed E-state index contributed by atoms with van der Waals surface area (Å²) in [6, 6.07) is 5.23. The smallest absolute Gasteiger partial charge is 0.174 e. The molecule has 5 nitrogen and oxygen atoms in total. The number of ketones is 1. The predicted octanol–water partition coefficient (Wildman–Crippen LogP) is 1.64. The molecule has 0 unspecified atom stereocenters. The van der Waals surface area contributed by atoms with Crippen LogP contribution in [0, 0.1) is 5.41 Å². The van der Waals surface area contributed by atoms with Gasteiger partial charge in [-0.05, 0) is 31.0 Å². The first-order valence-corrected chi connectivity index (χ1v) is 6.71. The number of hydrogen-bond donors (Lipinski definition) is 1. The number of rotatable bonds is 5. The minimum Gasteiger partial charge on any atom is -0.497 e. The van der Waals surface area contributed by atoms with Gasteiger partial charge in [-0.3, -0.25) is 4.79 Å². The highest BCUT2D eigenvalue weighted by Gasteiger charge is 2.40. The highest BCUT2D eigenvalue weighted by molar-refractivity contribution is 6.03. The summed E-state index contributed by atoms with van der Waals surface area (Å²) >= 11 is 0. The summed E-state index contributed by atoms with van der Waals surface area (Å²) in [4.78, 5) is 12.9. The standard InChI is InChI=1S/C15H21NO4/c1-18-11-3-4-13(19-2)12(9-11)14(17)15(10-16)5-7-20-8-6-15/h3-4,9H,5-8,10,16H2,1-2H3. The number of benzene rings is 1. The zero-order valence-electron chi connectivity index (χ0n) is 12.0. The molecule has 1 aliphatic heterocycles. The quantitative estimate of drug-likeness (QED) is 0.830. The Labute approximate surface area is 119 Å². The largest absolute Gasteiger partial charge is 0.497 e. The highest BCUT2D eigenvalue weighted by Crippen LogP contribution is 2.37. The van der Waals surface area contributed by atoms with Gasteiger partial charge < -0.3 is 19.9 Å². The summed E-state index contributed by atoms with van der Waals surface area (Å²) in [5, 5.41) is 0. The number of carbonyl (C=O) groups is 1. The Morgan fingerprint density at radius 3 is 2.55 bits per heavy atom. The number of hydrogen-bond acceptors (Lipinski definition) is 5. The van der Waals surface area contributed by atoms with Crippen LogP contribution in [-0.4, -0.2) is 39.8 Å². The lowest BCUT2D eigenvalue weighted by atomic mass is 9.74. The van der Waals surface area contributed by atoms with Crippen molar-refractivity contribution in [1.82, 2.24) is 0 Å². The first-order chi connectivity index (χ1) is 9.66. The number of carbonyl (C=O) groups excluding carboxylic acids is 1. The Morgan fingerprint density at radius 2 is 2.00 bits per heavy atom. The number of methoxy groups -OCH3 is 2. The molecule has 0 bridgehead atoms. The van der Waals surface area contributed by atoms with E-state index in [-0.39, 0.29) is 5.78 Å². The van der Waals surface area contributed by atoms with Crippen molar-refractivity contribution in [3.05, 3.63) is 23.8 Å². The number of nitrogens with two attached hydrogens (primary N) is 1. The van der Waals surface area contributed by atoms with Crippen LogP contribution in [0.25, 0.3) is 0 Å². The molecule has 1 aromatic carbocycles. The molecule has 1 heterocycles. The van der Waals surface area contributed by atoms with Gasteiger partial charge >= 0.3 is 0 Å². The minimum atomic E-state index is -0.558. The van der Waals surface area contributed by atoms with Crippen molar-refractivity contribution in [2.75, 3.05) is 34.0 Å². The van der Waals surface area contributed by atoms with Crippen molar-refractivity contribution in [2.24, 2.45) is 11.1 Å². The topological polar surface area (TPSA) is 70.8 Å². The molecule has 20 heavy (non-hydrogen) atoms. The second-order valence-electron chi connectivity index (χ2n) is 4.99. The third-order valence-electron chi connectivity index (χ3n) is 3.97. The summed E-state index contributed by atoms with van der Waals surface area (Å²) in [5.74, 6) is 1.20. The predicted molar refractivity (Wildman–Crippen MR) is 75.4 cm³/mol. The molecule has 0 atom stereocenters. The molecular weight excluding hydrogens is 258 g/mol. The molecule has 0 radical (unpaired) electrons. The average molecular weight is 279 g/mol. The molecule has 5 heteroatoms. The molecule has 0 aliphatic carbocycles. The average Bonchev–Trinajstić information content (AvgIpc) is 2.54. The van der Waals surface area contributed by atoms with Gasteiger partial charge in [-0.15, -0.1) is 0 Å². The van der Waals surface area contributed by atoms with Crippen LogP contribution >= 0.6 is 0 Å². The van der Waals surface area contributed by atoms with Gasteiger partial charge in [-0.1, -0.05) is 0 Å². The molecule has 2 N–H and O–H groups in total. The van der Waals surface area contributed by atoms with Gasteiger partial charge in [0.1, 0.15) is 11.5 Å². The summed E-state index contributed by atoms with van der Waals surface area (Å²) < 4.78 is 15.8. The van der Waals surface area contributed by atoms with Crippen molar-refractivity contribution < 1.29 is 19.0 Å². The van der Waals surface area contributed by atoms with Crippen LogP contribution in [0.5, 0.6) is 11.5 Å². The summed E-state index contributed by atoms with van der Waals surface area (Å²) in [7, 11) is 3.13. The monoisotopic (exact) mass is 279 g/mol. The van der Waals surface area contributed by atoms with E-state index in [1.54, 1.807) is 32.4 Å². The van der Waals surface area contributed by atoms with Crippen LogP contribution in [-0.2, 0) is 4.74 Å². The molecule has 1 fully saturated rings. The highest BCUT2D eigenvalue weighted by atomic mass is 16.5. The Hall–Kier alpha value is -1.59. The summed E-state index contributed by atoms with van der Waals surface area (Å²) in [6.07, 6.45) is 1.28. The van der Waals surface area contributed by atoms with Gasteiger partial charge in [0.05, 0.1) is 25.2 Å². The van der Waals surface area contributed by atoms with Crippen molar-refractivity contribution in [2.45, 2.75) is 12.8 Å². The molecular formula is C15H21NO4. The Kier molecular flexibility index (Phi) is 4.62. The van der Waals surface area contributed by atoms with Gasteiger partial charge in [0, 0.05) is 19.8 Å². The van der Waals surface area contributed by atoms with Crippen LogP contribution in [0.4, 0.5) is 0 Å². The van der Waals surface area contributed by atoms with Crippen LogP contribution in [0.2, 0.25) is 0 Å². The molecule has 1 aromatic rings. The second-order valence-corrected chi connectivity index (χ2v) is 4.99. The lowest BCUT2D eigenvalue weighted by Crippen LogP contribution is -2.43. The first-order valence-electron chi connectivity index (χ1n) is 6.71. The Balaban J connectivity index is 2.40. The molecule has 110 valence electrons. The maximum atomic E-state index is 12.9. The molecule has 0 amide bonds. The van der Waals surface area contributed by atoms with Gasteiger partial charge in [-0.2, -0.15) is 0 Å². The van der Waals surface area contributed by atoms with E-state index in [2.05, 4.69) is 0 Å². The van der Waals surface area contributed by atoms with E-state index in [9.17, 15) is 4.79 Å². The van der Waals surface area contributed by atoms with Gasteiger partial charge in [0.2, 0.25) is 0 Å². The van der Waals surface area contributed by atoms with E-state index in [0.29, 0.717) is 49.7 Å². The van der Waals surface area contributed by atoms with E-state index in [1.165, 1.54) is 0 Å². The van der Waals surface area contributed by atoms with Gasteiger partial charge in [0.15, 0.2) is 5.78 Å². The van der Waals surface area contributed by atoms with Crippen LogP contribution in [0.3, 0.4) is 0 Å². The summed E-state index contributed by atoms with van der Waals surface area (Å²) in [5.41, 5.74) is 5.86.